The van der Waals surface area contributed by atoms with Crippen molar-refractivity contribution in [2.24, 2.45) is 0 Å². The number of anilines is 1. The first kappa shape index (κ1) is 12.7. The second-order valence-corrected chi connectivity index (χ2v) is 4.83. The van der Waals surface area contributed by atoms with Crippen LogP contribution in [0.3, 0.4) is 0 Å². The van der Waals surface area contributed by atoms with Gasteiger partial charge in [0.25, 0.3) is 0 Å². The Morgan fingerprint density at radius 3 is 3.00 bits per heavy atom. The fourth-order valence-electron chi connectivity index (χ4n) is 2.01. The number of nitrogens with zero attached hydrogens (tertiary/aromatic N) is 3. The highest BCUT2D eigenvalue weighted by atomic mass is 35.5. The van der Waals surface area contributed by atoms with Crippen molar-refractivity contribution >= 4 is 23.1 Å². The lowest BCUT2D eigenvalue weighted by Gasteiger charge is -2.16. The number of H-pyrrole nitrogens is 1. The summed E-state index contributed by atoms with van der Waals surface area (Å²) in [5.74, 6) is 0.629. The van der Waals surface area contributed by atoms with E-state index in [0.717, 1.165) is 5.56 Å². The number of aromatic amines is 1. The molecule has 1 atom stereocenters. The van der Waals surface area contributed by atoms with E-state index in [9.17, 15) is 4.79 Å². The lowest BCUT2D eigenvalue weighted by atomic mass is 10.1. The molecular weight excluding hydrogens is 278 g/mol. The zero-order valence-corrected chi connectivity index (χ0v) is 11.4. The molecule has 2 N–H and O–H groups in total. The quantitative estimate of drug-likeness (QED) is 0.775. The second kappa shape index (κ2) is 4.97. The van der Waals surface area contributed by atoms with Crippen molar-refractivity contribution in [2.75, 3.05) is 5.32 Å². The number of hydrogen-bond donors (Lipinski definition) is 2. The molecule has 1 aromatic carbocycles. The van der Waals surface area contributed by atoms with Crippen molar-refractivity contribution in [3.8, 4) is 0 Å². The number of rotatable bonds is 3. The van der Waals surface area contributed by atoms with Crippen molar-refractivity contribution in [1.29, 1.82) is 0 Å². The maximum atomic E-state index is 11.3. The van der Waals surface area contributed by atoms with Crippen LogP contribution in [-0.2, 0) is 0 Å². The van der Waals surface area contributed by atoms with Crippen LogP contribution < -0.4 is 11.0 Å². The van der Waals surface area contributed by atoms with Gasteiger partial charge >= 0.3 is 5.69 Å². The normalized spacial score (nSPS) is 12.5. The van der Waals surface area contributed by atoms with Gasteiger partial charge in [0, 0.05) is 11.1 Å². The van der Waals surface area contributed by atoms with Gasteiger partial charge in [-0.15, -0.1) is 0 Å². The highest BCUT2D eigenvalue weighted by Gasteiger charge is 2.10. The Balaban J connectivity index is 1.89. The molecular formula is C13H12ClN5O. The highest BCUT2D eigenvalue weighted by molar-refractivity contribution is 6.31. The maximum Gasteiger partial charge on any atom is 0.348 e. The molecule has 20 heavy (non-hydrogen) atoms. The van der Waals surface area contributed by atoms with E-state index >= 15 is 0 Å². The van der Waals surface area contributed by atoms with Crippen LogP contribution in [0, 0.1) is 0 Å². The number of halogens is 1. The lowest BCUT2D eigenvalue weighted by Crippen LogP contribution is -2.12. The van der Waals surface area contributed by atoms with Crippen LogP contribution in [0.4, 0.5) is 5.82 Å². The van der Waals surface area contributed by atoms with Crippen LogP contribution in [-0.4, -0.2) is 19.6 Å². The third-order valence-electron chi connectivity index (χ3n) is 3.05. The van der Waals surface area contributed by atoms with Crippen molar-refractivity contribution in [1.82, 2.24) is 19.6 Å². The van der Waals surface area contributed by atoms with E-state index in [-0.39, 0.29) is 11.7 Å². The summed E-state index contributed by atoms with van der Waals surface area (Å²) in [5.41, 5.74) is 1.19. The summed E-state index contributed by atoms with van der Waals surface area (Å²) in [6.07, 6.45) is 1.43. The molecule has 7 heteroatoms. The molecule has 1 unspecified atom stereocenters. The van der Waals surface area contributed by atoms with E-state index in [4.69, 9.17) is 11.6 Å². The van der Waals surface area contributed by atoms with Gasteiger partial charge in [-0.3, -0.25) is 0 Å². The molecule has 0 bridgehead atoms. The predicted octanol–water partition coefficient (Wildman–Crippen LogP) is 2.24. The summed E-state index contributed by atoms with van der Waals surface area (Å²) >= 11 is 6.16. The Kier molecular flexibility index (Phi) is 3.15. The Hall–Kier alpha value is -2.34. The Morgan fingerprint density at radius 1 is 1.40 bits per heavy atom. The molecule has 0 spiro atoms. The fourth-order valence-corrected chi connectivity index (χ4v) is 2.31. The van der Waals surface area contributed by atoms with Crippen molar-refractivity contribution in [3.63, 3.8) is 0 Å². The van der Waals surface area contributed by atoms with Gasteiger partial charge in [0.05, 0.1) is 6.04 Å². The minimum Gasteiger partial charge on any atom is -0.363 e. The molecule has 0 fully saturated rings. The van der Waals surface area contributed by atoms with Crippen molar-refractivity contribution in [2.45, 2.75) is 13.0 Å². The van der Waals surface area contributed by atoms with Gasteiger partial charge in [0.15, 0.2) is 5.65 Å². The standard InChI is InChI=1S/C13H12ClN5O/c1-8(9-4-2-3-5-10(9)14)16-11-6-12-17-18-13(20)19(12)7-15-11/h2-8,16H,1H3,(H,18,20). The molecule has 0 saturated heterocycles. The average molecular weight is 290 g/mol. The average Bonchev–Trinajstić information content (AvgIpc) is 2.80. The van der Waals surface area contributed by atoms with Crippen molar-refractivity contribution in [3.05, 3.63) is 57.7 Å². The second-order valence-electron chi connectivity index (χ2n) is 4.42. The number of nitrogens with one attached hydrogen (secondary N) is 2. The lowest BCUT2D eigenvalue weighted by molar-refractivity contribution is 0.870. The highest BCUT2D eigenvalue weighted by Crippen LogP contribution is 2.24. The molecule has 0 saturated carbocycles. The van der Waals surface area contributed by atoms with Crippen LogP contribution in [0.25, 0.3) is 5.65 Å². The SMILES string of the molecule is CC(Nc1cc2n[nH]c(=O)n2cn1)c1ccccc1Cl. The van der Waals surface area contributed by atoms with E-state index in [1.54, 1.807) is 6.07 Å². The first-order valence-electron chi connectivity index (χ1n) is 6.09. The molecule has 0 aliphatic rings. The number of benzene rings is 1. The molecule has 102 valence electrons. The number of aromatic nitrogens is 4. The minimum absolute atomic E-state index is 0.00989. The molecule has 2 aromatic heterocycles. The third-order valence-corrected chi connectivity index (χ3v) is 3.39. The molecule has 2 heterocycles. The van der Waals surface area contributed by atoms with Gasteiger partial charge in [-0.1, -0.05) is 29.8 Å². The predicted molar refractivity (Wildman–Crippen MR) is 77.1 cm³/mol. The molecule has 0 amide bonds. The minimum atomic E-state index is -0.307. The molecule has 0 aliphatic carbocycles. The van der Waals surface area contributed by atoms with E-state index < -0.39 is 0 Å². The van der Waals surface area contributed by atoms with E-state index in [1.807, 2.05) is 31.2 Å². The summed E-state index contributed by atoms with van der Waals surface area (Å²) in [5, 5.41) is 10.2. The van der Waals surface area contributed by atoms with Crippen LogP contribution in [0.5, 0.6) is 0 Å². The Morgan fingerprint density at radius 2 is 2.20 bits per heavy atom. The maximum absolute atomic E-state index is 11.3. The smallest absolute Gasteiger partial charge is 0.348 e. The first-order valence-corrected chi connectivity index (χ1v) is 6.46. The largest absolute Gasteiger partial charge is 0.363 e. The first-order chi connectivity index (χ1) is 9.65. The zero-order valence-electron chi connectivity index (χ0n) is 10.7. The Labute approximate surface area is 119 Å². The van der Waals surface area contributed by atoms with Gasteiger partial charge in [0.1, 0.15) is 12.1 Å². The fraction of sp³-hybridized carbons (Fsp3) is 0.154. The van der Waals surface area contributed by atoms with Gasteiger partial charge in [0.2, 0.25) is 0 Å². The molecule has 0 radical (unpaired) electrons. The summed E-state index contributed by atoms with van der Waals surface area (Å²) in [7, 11) is 0. The van der Waals surface area contributed by atoms with Crippen LogP contribution in [0.15, 0.2) is 41.5 Å². The summed E-state index contributed by atoms with van der Waals surface area (Å²) in [4.78, 5) is 15.5. The van der Waals surface area contributed by atoms with Gasteiger partial charge in [-0.2, -0.15) is 5.10 Å². The molecule has 3 rings (SSSR count). The van der Waals surface area contributed by atoms with Crippen LogP contribution in [0.2, 0.25) is 5.02 Å². The number of hydrogen-bond acceptors (Lipinski definition) is 4. The third kappa shape index (κ3) is 2.25. The van der Waals surface area contributed by atoms with Crippen LogP contribution >= 0.6 is 11.6 Å². The monoisotopic (exact) mass is 289 g/mol. The van der Waals surface area contributed by atoms with Crippen LogP contribution in [0.1, 0.15) is 18.5 Å². The summed E-state index contributed by atoms with van der Waals surface area (Å²) in [6, 6.07) is 9.31. The van der Waals surface area contributed by atoms with E-state index in [2.05, 4.69) is 20.5 Å². The Bertz CT molecular complexity index is 810. The summed E-state index contributed by atoms with van der Waals surface area (Å²) < 4.78 is 1.34. The van der Waals surface area contributed by atoms with Gasteiger partial charge in [-0.25, -0.2) is 19.3 Å². The van der Waals surface area contributed by atoms with Crippen molar-refractivity contribution < 1.29 is 0 Å². The molecule has 0 aliphatic heterocycles. The summed E-state index contributed by atoms with van der Waals surface area (Å²) in [6.45, 7) is 1.99. The van der Waals surface area contributed by atoms with Gasteiger partial charge in [-0.05, 0) is 18.6 Å². The molecule has 3 aromatic rings. The topological polar surface area (TPSA) is 75.1 Å². The van der Waals surface area contributed by atoms with E-state index in [0.29, 0.717) is 16.5 Å². The number of fused-ring (bicyclic) bond motifs is 1. The van der Waals surface area contributed by atoms with Gasteiger partial charge < -0.3 is 5.32 Å². The van der Waals surface area contributed by atoms with E-state index in [1.165, 1.54) is 10.7 Å². The zero-order chi connectivity index (χ0) is 14.1. The molecule has 6 nitrogen and oxygen atoms in total.